The fourth-order valence-corrected chi connectivity index (χ4v) is 1.44. The van der Waals surface area contributed by atoms with E-state index in [-0.39, 0.29) is 5.84 Å². The molecule has 0 saturated heterocycles. The van der Waals surface area contributed by atoms with E-state index in [0.717, 1.165) is 10.0 Å². The van der Waals surface area contributed by atoms with Gasteiger partial charge in [0.05, 0.1) is 0 Å². The van der Waals surface area contributed by atoms with E-state index in [0.29, 0.717) is 18.7 Å². The highest BCUT2D eigenvalue weighted by Gasteiger charge is 2.00. The number of hydrogen-bond acceptors (Lipinski definition) is 3. The summed E-state index contributed by atoms with van der Waals surface area (Å²) < 4.78 is 0.903. The fraction of sp³-hybridized carbons (Fsp3) is 0.182. The molecule has 0 atom stereocenters. The minimum atomic E-state index is 0.117. The molecule has 0 heterocycles. The van der Waals surface area contributed by atoms with Crippen LogP contribution in [-0.4, -0.2) is 17.6 Å². The van der Waals surface area contributed by atoms with Crippen molar-refractivity contribution < 1.29 is 5.21 Å². The SMILES string of the molecule is C=C(Br)CNCc1cccc(/C(N)=N\O)c1. The summed E-state index contributed by atoms with van der Waals surface area (Å²) in [7, 11) is 0. The van der Waals surface area contributed by atoms with Gasteiger partial charge < -0.3 is 16.3 Å². The van der Waals surface area contributed by atoms with E-state index in [2.05, 4.69) is 33.0 Å². The Labute approximate surface area is 103 Å². The molecule has 0 aliphatic rings. The molecule has 0 amide bonds. The molecule has 1 aromatic rings. The zero-order chi connectivity index (χ0) is 12.0. The smallest absolute Gasteiger partial charge is 0.170 e. The molecule has 0 bridgehead atoms. The van der Waals surface area contributed by atoms with Crippen molar-refractivity contribution in [3.63, 3.8) is 0 Å². The number of halogens is 1. The van der Waals surface area contributed by atoms with Crippen molar-refractivity contribution in [1.82, 2.24) is 5.32 Å². The molecule has 1 rings (SSSR count). The van der Waals surface area contributed by atoms with Crippen molar-refractivity contribution >= 4 is 21.8 Å². The van der Waals surface area contributed by atoms with Gasteiger partial charge in [0.15, 0.2) is 5.84 Å². The van der Waals surface area contributed by atoms with Gasteiger partial charge in [-0.1, -0.05) is 45.9 Å². The van der Waals surface area contributed by atoms with Crippen LogP contribution in [0, 0.1) is 0 Å². The highest BCUT2D eigenvalue weighted by Crippen LogP contribution is 2.05. The lowest BCUT2D eigenvalue weighted by Crippen LogP contribution is -2.16. The van der Waals surface area contributed by atoms with E-state index in [1.165, 1.54) is 0 Å². The van der Waals surface area contributed by atoms with Crippen LogP contribution in [0.1, 0.15) is 11.1 Å². The molecule has 0 spiro atoms. The van der Waals surface area contributed by atoms with Gasteiger partial charge in [0.25, 0.3) is 0 Å². The third kappa shape index (κ3) is 4.04. The average Bonchev–Trinajstić information content (AvgIpc) is 2.28. The predicted molar refractivity (Wildman–Crippen MR) is 68.7 cm³/mol. The van der Waals surface area contributed by atoms with Gasteiger partial charge in [-0.25, -0.2) is 0 Å². The number of nitrogens with one attached hydrogen (secondary N) is 1. The normalized spacial score (nSPS) is 11.4. The molecular formula is C11H14BrN3O. The van der Waals surface area contributed by atoms with Gasteiger partial charge in [-0.15, -0.1) is 0 Å². The van der Waals surface area contributed by atoms with Gasteiger partial charge in [-0.2, -0.15) is 0 Å². The monoisotopic (exact) mass is 283 g/mol. The molecule has 0 aromatic heterocycles. The average molecular weight is 284 g/mol. The second-order valence-electron chi connectivity index (χ2n) is 3.31. The van der Waals surface area contributed by atoms with Crippen LogP contribution in [0.5, 0.6) is 0 Å². The van der Waals surface area contributed by atoms with Gasteiger partial charge in [0.2, 0.25) is 0 Å². The minimum Gasteiger partial charge on any atom is -0.409 e. The Morgan fingerprint density at radius 3 is 2.94 bits per heavy atom. The highest BCUT2D eigenvalue weighted by atomic mass is 79.9. The van der Waals surface area contributed by atoms with Crippen LogP contribution >= 0.6 is 15.9 Å². The summed E-state index contributed by atoms with van der Waals surface area (Å²) in [6, 6.07) is 7.51. The maximum Gasteiger partial charge on any atom is 0.170 e. The zero-order valence-electron chi connectivity index (χ0n) is 8.78. The summed E-state index contributed by atoms with van der Waals surface area (Å²) in [5.74, 6) is 0.117. The van der Waals surface area contributed by atoms with Crippen LogP contribution in [0.4, 0.5) is 0 Å². The second kappa shape index (κ2) is 6.30. The Morgan fingerprint density at radius 1 is 1.56 bits per heavy atom. The largest absolute Gasteiger partial charge is 0.409 e. The van der Waals surface area contributed by atoms with Gasteiger partial charge >= 0.3 is 0 Å². The zero-order valence-corrected chi connectivity index (χ0v) is 10.4. The first kappa shape index (κ1) is 12.7. The van der Waals surface area contributed by atoms with Crippen molar-refractivity contribution in [1.29, 1.82) is 0 Å². The molecule has 0 radical (unpaired) electrons. The molecule has 4 N–H and O–H groups in total. The van der Waals surface area contributed by atoms with Crippen molar-refractivity contribution in [2.24, 2.45) is 10.9 Å². The van der Waals surface area contributed by atoms with E-state index < -0.39 is 0 Å². The third-order valence-electron chi connectivity index (χ3n) is 1.98. The fourth-order valence-electron chi connectivity index (χ4n) is 1.24. The molecule has 0 fully saturated rings. The topological polar surface area (TPSA) is 70.6 Å². The van der Waals surface area contributed by atoms with Crippen LogP contribution in [-0.2, 0) is 6.54 Å². The molecule has 0 saturated carbocycles. The first-order valence-electron chi connectivity index (χ1n) is 4.74. The number of rotatable bonds is 5. The van der Waals surface area contributed by atoms with Crippen LogP contribution in [0.15, 0.2) is 40.5 Å². The minimum absolute atomic E-state index is 0.117. The molecule has 5 heteroatoms. The van der Waals surface area contributed by atoms with Gasteiger partial charge in [-0.3, -0.25) is 0 Å². The van der Waals surface area contributed by atoms with Crippen LogP contribution in [0.25, 0.3) is 0 Å². The number of oxime groups is 1. The molecular weight excluding hydrogens is 270 g/mol. The van der Waals surface area contributed by atoms with Crippen LogP contribution in [0.3, 0.4) is 0 Å². The Kier molecular flexibility index (Phi) is 5.01. The molecule has 0 aliphatic carbocycles. The van der Waals surface area contributed by atoms with Crippen LogP contribution in [0.2, 0.25) is 0 Å². The highest BCUT2D eigenvalue weighted by molar-refractivity contribution is 9.11. The number of nitrogens with zero attached hydrogens (tertiary/aromatic N) is 1. The molecule has 86 valence electrons. The van der Waals surface area contributed by atoms with Crippen molar-refractivity contribution in [2.75, 3.05) is 6.54 Å². The molecule has 16 heavy (non-hydrogen) atoms. The van der Waals surface area contributed by atoms with Gasteiger partial charge in [0, 0.05) is 23.1 Å². The van der Waals surface area contributed by atoms with Crippen LogP contribution < -0.4 is 11.1 Å². The van der Waals surface area contributed by atoms with Gasteiger partial charge in [0.1, 0.15) is 0 Å². The molecule has 0 unspecified atom stereocenters. The lowest BCUT2D eigenvalue weighted by atomic mass is 10.1. The van der Waals surface area contributed by atoms with Crippen molar-refractivity contribution in [2.45, 2.75) is 6.54 Å². The lowest BCUT2D eigenvalue weighted by molar-refractivity contribution is 0.318. The van der Waals surface area contributed by atoms with E-state index in [4.69, 9.17) is 10.9 Å². The Bertz CT molecular complexity index is 404. The molecule has 0 aliphatic heterocycles. The van der Waals surface area contributed by atoms with Crippen molar-refractivity contribution in [3.05, 3.63) is 46.5 Å². The number of hydrogen-bond donors (Lipinski definition) is 3. The molecule has 1 aromatic carbocycles. The Morgan fingerprint density at radius 2 is 2.31 bits per heavy atom. The van der Waals surface area contributed by atoms with E-state index in [9.17, 15) is 0 Å². The number of nitrogens with two attached hydrogens (primary N) is 1. The second-order valence-corrected chi connectivity index (χ2v) is 4.43. The third-order valence-corrected chi connectivity index (χ3v) is 2.26. The Balaban J connectivity index is 2.64. The summed E-state index contributed by atoms with van der Waals surface area (Å²) in [5.41, 5.74) is 7.27. The summed E-state index contributed by atoms with van der Waals surface area (Å²) in [5, 5.41) is 14.7. The summed E-state index contributed by atoms with van der Waals surface area (Å²) in [6.45, 7) is 5.14. The summed E-state index contributed by atoms with van der Waals surface area (Å²) in [4.78, 5) is 0. The number of amidine groups is 1. The first-order valence-corrected chi connectivity index (χ1v) is 5.53. The quantitative estimate of drug-likeness (QED) is 0.334. The standard InChI is InChI=1S/C11H14BrN3O/c1-8(12)6-14-7-9-3-2-4-10(5-9)11(13)15-16/h2-5,14,16H,1,6-7H2,(H2,13,15). The maximum absolute atomic E-state index is 8.56. The van der Waals surface area contributed by atoms with E-state index in [1.54, 1.807) is 6.07 Å². The predicted octanol–water partition coefficient (Wildman–Crippen LogP) is 1.78. The lowest BCUT2D eigenvalue weighted by Gasteiger charge is -2.05. The summed E-state index contributed by atoms with van der Waals surface area (Å²) in [6.07, 6.45) is 0. The van der Waals surface area contributed by atoms with Gasteiger partial charge in [-0.05, 0) is 11.6 Å². The maximum atomic E-state index is 8.56. The summed E-state index contributed by atoms with van der Waals surface area (Å²) >= 11 is 3.27. The van der Waals surface area contributed by atoms with E-state index >= 15 is 0 Å². The van der Waals surface area contributed by atoms with Crippen molar-refractivity contribution in [3.8, 4) is 0 Å². The Hall–Kier alpha value is -1.33. The number of benzene rings is 1. The first-order chi connectivity index (χ1) is 7.63. The van der Waals surface area contributed by atoms with E-state index in [1.807, 2.05) is 18.2 Å². The molecule has 4 nitrogen and oxygen atoms in total.